The first-order valence-corrected chi connectivity index (χ1v) is 12.8. The van der Waals surface area contributed by atoms with E-state index in [0.717, 1.165) is 81.9 Å². The summed E-state index contributed by atoms with van der Waals surface area (Å²) in [6, 6.07) is 3.80. The average Bonchev–Trinajstić information content (AvgIpc) is 3.54. The normalized spacial score (nSPS) is 20.7. The van der Waals surface area contributed by atoms with Crippen LogP contribution in [0.3, 0.4) is 0 Å². The first-order chi connectivity index (χ1) is 15.6. The van der Waals surface area contributed by atoms with E-state index in [1.165, 1.54) is 12.1 Å². The number of nitrogens with zero attached hydrogens (tertiary/aromatic N) is 1. The van der Waals surface area contributed by atoms with Gasteiger partial charge in [-0.1, -0.05) is 40.2 Å². The van der Waals surface area contributed by atoms with Crippen molar-refractivity contribution in [3.63, 3.8) is 0 Å². The van der Waals surface area contributed by atoms with Crippen molar-refractivity contribution in [2.75, 3.05) is 19.6 Å². The van der Waals surface area contributed by atoms with Gasteiger partial charge >= 0.3 is 0 Å². The van der Waals surface area contributed by atoms with Crippen molar-refractivity contribution in [2.45, 2.75) is 85.0 Å². The number of hydrogen-bond donors (Lipinski definition) is 1. The number of likely N-dealkylation sites (tertiary alicyclic amines) is 1. The molecule has 0 bridgehead atoms. The van der Waals surface area contributed by atoms with Crippen LogP contribution in [0, 0.1) is 28.4 Å². The van der Waals surface area contributed by atoms with Crippen molar-refractivity contribution in [3.8, 4) is 0 Å². The summed E-state index contributed by atoms with van der Waals surface area (Å²) in [5.74, 6) is -0.103. The first-order valence-electron chi connectivity index (χ1n) is 12.8. The SMILES string of the molecule is C=C(NCC)C1(C)CCN(C(=O)CC2([C@H](C)CCC[C@H](C)c3cc(F)cc(F)c3)CC2)CC1. The Morgan fingerprint density at radius 3 is 2.24 bits per heavy atom. The van der Waals surface area contributed by atoms with Crippen LogP contribution in [0.25, 0.3) is 0 Å². The zero-order valence-electron chi connectivity index (χ0n) is 21.0. The highest BCUT2D eigenvalue weighted by Gasteiger charge is 2.49. The molecule has 1 aromatic rings. The Morgan fingerprint density at radius 2 is 1.70 bits per heavy atom. The second-order valence-corrected chi connectivity index (χ2v) is 10.9. The summed E-state index contributed by atoms with van der Waals surface area (Å²) >= 11 is 0. The summed E-state index contributed by atoms with van der Waals surface area (Å²) in [6.07, 6.45) is 7.81. The van der Waals surface area contributed by atoms with Crippen molar-refractivity contribution in [1.82, 2.24) is 10.2 Å². The lowest BCUT2D eigenvalue weighted by Gasteiger charge is -2.41. The van der Waals surface area contributed by atoms with Crippen LogP contribution in [0.15, 0.2) is 30.5 Å². The van der Waals surface area contributed by atoms with Gasteiger partial charge in [-0.05, 0) is 74.0 Å². The standard InChI is InChI=1S/C28H42F2N2O/c1-6-31-22(4)27(5)12-14-32(15-13-27)26(33)19-28(10-11-28)21(3)9-7-8-20(2)23-16-24(29)18-25(30)17-23/h16-18,20-21,31H,4,6-15,19H2,1-3,5H3/t20-,21+/m0/s1. The van der Waals surface area contributed by atoms with Gasteiger partial charge in [-0.3, -0.25) is 4.79 Å². The van der Waals surface area contributed by atoms with Crippen LogP contribution in [0.1, 0.15) is 90.5 Å². The summed E-state index contributed by atoms with van der Waals surface area (Å²) in [6.45, 7) is 15.4. The Kier molecular flexibility index (Phi) is 8.23. The molecule has 3 nitrogen and oxygen atoms in total. The molecule has 1 amide bonds. The fourth-order valence-corrected chi connectivity index (χ4v) is 5.46. The number of nitrogens with one attached hydrogen (secondary N) is 1. The molecule has 33 heavy (non-hydrogen) atoms. The minimum Gasteiger partial charge on any atom is -0.389 e. The monoisotopic (exact) mass is 460 g/mol. The second-order valence-electron chi connectivity index (χ2n) is 10.9. The number of amides is 1. The third kappa shape index (κ3) is 6.36. The number of carbonyl (C=O) groups excluding carboxylic acids is 1. The predicted molar refractivity (Wildman–Crippen MR) is 131 cm³/mol. The lowest BCUT2D eigenvalue weighted by Crippen LogP contribution is -2.45. The molecule has 0 spiro atoms. The van der Waals surface area contributed by atoms with Crippen LogP contribution in [0.5, 0.6) is 0 Å². The van der Waals surface area contributed by atoms with Gasteiger partial charge in [0.2, 0.25) is 5.91 Å². The molecule has 2 atom stereocenters. The summed E-state index contributed by atoms with van der Waals surface area (Å²) in [7, 11) is 0. The zero-order chi connectivity index (χ0) is 24.2. The molecule has 0 unspecified atom stereocenters. The minimum atomic E-state index is -0.510. The van der Waals surface area contributed by atoms with E-state index in [1.807, 2.05) is 6.92 Å². The molecular formula is C28H42F2N2O. The van der Waals surface area contributed by atoms with E-state index in [9.17, 15) is 13.6 Å². The number of halogens is 2. The van der Waals surface area contributed by atoms with Crippen molar-refractivity contribution in [1.29, 1.82) is 0 Å². The fraction of sp³-hybridized carbons (Fsp3) is 0.679. The molecular weight excluding hydrogens is 418 g/mol. The number of rotatable bonds is 11. The summed E-state index contributed by atoms with van der Waals surface area (Å²) in [5, 5.41) is 3.37. The van der Waals surface area contributed by atoms with Crippen LogP contribution in [0.4, 0.5) is 8.78 Å². The van der Waals surface area contributed by atoms with Crippen molar-refractivity contribution in [2.24, 2.45) is 16.7 Å². The number of carbonyl (C=O) groups is 1. The number of hydrogen-bond acceptors (Lipinski definition) is 2. The molecule has 5 heteroatoms. The van der Waals surface area contributed by atoms with Gasteiger partial charge in [0.1, 0.15) is 11.6 Å². The molecule has 1 aromatic carbocycles. The Bertz CT molecular complexity index is 820. The Balaban J connectivity index is 1.45. The highest BCUT2D eigenvalue weighted by atomic mass is 19.1. The van der Waals surface area contributed by atoms with E-state index in [0.29, 0.717) is 18.2 Å². The third-order valence-electron chi connectivity index (χ3n) is 8.51. The van der Waals surface area contributed by atoms with Gasteiger partial charge in [0.25, 0.3) is 0 Å². The smallest absolute Gasteiger partial charge is 0.223 e. The number of allylic oxidation sites excluding steroid dienone is 1. The van der Waals surface area contributed by atoms with E-state index in [4.69, 9.17) is 0 Å². The van der Waals surface area contributed by atoms with E-state index in [-0.39, 0.29) is 16.7 Å². The van der Waals surface area contributed by atoms with Gasteiger partial charge in [-0.2, -0.15) is 0 Å². The van der Waals surface area contributed by atoms with Gasteiger partial charge in [0.05, 0.1) is 0 Å². The number of piperidine rings is 1. The Labute approximate surface area is 199 Å². The average molecular weight is 461 g/mol. The van der Waals surface area contributed by atoms with E-state index < -0.39 is 11.6 Å². The van der Waals surface area contributed by atoms with E-state index in [1.54, 1.807) is 0 Å². The molecule has 0 aromatic heterocycles. The van der Waals surface area contributed by atoms with Crippen LogP contribution < -0.4 is 5.32 Å². The van der Waals surface area contributed by atoms with Gasteiger partial charge in [0.15, 0.2) is 0 Å². The molecule has 1 aliphatic carbocycles. The van der Waals surface area contributed by atoms with Gasteiger partial charge < -0.3 is 10.2 Å². The van der Waals surface area contributed by atoms with Crippen LogP contribution in [-0.4, -0.2) is 30.4 Å². The third-order valence-corrected chi connectivity index (χ3v) is 8.51. The van der Waals surface area contributed by atoms with E-state index >= 15 is 0 Å². The molecule has 184 valence electrons. The highest BCUT2D eigenvalue weighted by molar-refractivity contribution is 5.77. The lowest BCUT2D eigenvalue weighted by atomic mass is 9.77. The second kappa shape index (κ2) is 10.6. The minimum absolute atomic E-state index is 0.0681. The first kappa shape index (κ1) is 25.7. The quantitative estimate of drug-likeness (QED) is 0.394. The van der Waals surface area contributed by atoms with Crippen molar-refractivity contribution >= 4 is 5.91 Å². The van der Waals surface area contributed by atoms with Gasteiger partial charge in [-0.15, -0.1) is 0 Å². The topological polar surface area (TPSA) is 32.3 Å². The maximum Gasteiger partial charge on any atom is 0.223 e. The van der Waals surface area contributed by atoms with Crippen molar-refractivity contribution in [3.05, 3.63) is 47.7 Å². The van der Waals surface area contributed by atoms with Crippen LogP contribution in [-0.2, 0) is 4.79 Å². The Morgan fingerprint density at radius 1 is 1.09 bits per heavy atom. The molecule has 3 rings (SSSR count). The molecule has 1 saturated carbocycles. The maximum atomic E-state index is 13.5. The fourth-order valence-electron chi connectivity index (χ4n) is 5.46. The molecule has 1 aliphatic heterocycles. The predicted octanol–water partition coefficient (Wildman–Crippen LogP) is 6.80. The molecule has 2 fully saturated rings. The van der Waals surface area contributed by atoms with Gasteiger partial charge in [0, 0.05) is 43.2 Å². The summed E-state index contributed by atoms with van der Waals surface area (Å²) < 4.78 is 27.0. The number of benzene rings is 1. The molecule has 0 radical (unpaired) electrons. The zero-order valence-corrected chi connectivity index (χ0v) is 21.0. The largest absolute Gasteiger partial charge is 0.389 e. The molecule has 1 saturated heterocycles. The highest BCUT2D eigenvalue weighted by Crippen LogP contribution is 2.56. The van der Waals surface area contributed by atoms with E-state index in [2.05, 4.69) is 37.6 Å². The molecule has 2 aliphatic rings. The molecule has 1 heterocycles. The molecule has 1 N–H and O–H groups in total. The van der Waals surface area contributed by atoms with Crippen LogP contribution >= 0.6 is 0 Å². The van der Waals surface area contributed by atoms with Crippen molar-refractivity contribution < 1.29 is 13.6 Å². The van der Waals surface area contributed by atoms with Crippen LogP contribution in [0.2, 0.25) is 0 Å². The summed E-state index contributed by atoms with van der Waals surface area (Å²) in [4.78, 5) is 15.2. The lowest BCUT2D eigenvalue weighted by molar-refractivity contribution is -0.135. The Hall–Kier alpha value is -1.91. The van der Waals surface area contributed by atoms with Gasteiger partial charge in [-0.25, -0.2) is 8.78 Å². The summed E-state index contributed by atoms with van der Waals surface area (Å²) in [5.41, 5.74) is 2.04. The maximum absolute atomic E-state index is 13.5.